The zero-order valence-electron chi connectivity index (χ0n) is 14.2. The highest BCUT2D eigenvalue weighted by Crippen LogP contribution is 2.23. The number of thioether (sulfide) groups is 1. The van der Waals surface area contributed by atoms with Crippen LogP contribution in [-0.4, -0.2) is 45.4 Å². The van der Waals surface area contributed by atoms with Gasteiger partial charge in [-0.1, -0.05) is 19.1 Å². The molecule has 0 saturated carbocycles. The summed E-state index contributed by atoms with van der Waals surface area (Å²) in [6.45, 7) is 3.90. The second-order valence-electron chi connectivity index (χ2n) is 5.79. The van der Waals surface area contributed by atoms with Crippen molar-refractivity contribution in [2.75, 3.05) is 11.6 Å². The number of carbonyl (C=O) groups is 2. The molecule has 0 aromatic heterocycles. The lowest BCUT2D eigenvalue weighted by Crippen LogP contribution is -2.48. The van der Waals surface area contributed by atoms with Crippen molar-refractivity contribution in [1.82, 2.24) is 10.2 Å². The first-order valence-corrected chi connectivity index (χ1v) is 9.19. The predicted molar refractivity (Wildman–Crippen MR) is 98.0 cm³/mol. The molecule has 0 spiro atoms. The number of hydrogen-bond acceptors (Lipinski definition) is 5. The maximum Gasteiger partial charge on any atom is 0.276 e. The zero-order chi connectivity index (χ0) is 18.4. The van der Waals surface area contributed by atoms with Crippen molar-refractivity contribution in [1.29, 1.82) is 0 Å². The number of nitro groups is 1. The summed E-state index contributed by atoms with van der Waals surface area (Å²) in [5.41, 5.74) is 0.293. The van der Waals surface area contributed by atoms with Crippen LogP contribution in [0.2, 0.25) is 0 Å². The largest absolute Gasteiger partial charge is 0.352 e. The lowest BCUT2D eigenvalue weighted by Gasteiger charge is -2.23. The third kappa shape index (κ3) is 4.82. The van der Waals surface area contributed by atoms with Gasteiger partial charge in [0, 0.05) is 23.9 Å². The number of amides is 2. The highest BCUT2D eigenvalue weighted by atomic mass is 32.2. The molecule has 2 amide bonds. The molecule has 2 unspecified atom stereocenters. The van der Waals surface area contributed by atoms with E-state index >= 15 is 0 Å². The van der Waals surface area contributed by atoms with E-state index in [0.717, 1.165) is 6.42 Å². The zero-order valence-corrected chi connectivity index (χ0v) is 15.0. The van der Waals surface area contributed by atoms with Crippen molar-refractivity contribution >= 4 is 35.3 Å². The number of benzene rings is 1. The van der Waals surface area contributed by atoms with Crippen LogP contribution in [0.4, 0.5) is 5.69 Å². The Labute approximate surface area is 150 Å². The van der Waals surface area contributed by atoms with E-state index in [1.165, 1.54) is 34.9 Å². The molecule has 0 aliphatic carbocycles. The third-order valence-corrected chi connectivity index (χ3v) is 5.02. The Hall–Kier alpha value is -2.35. The molecule has 2 atom stereocenters. The summed E-state index contributed by atoms with van der Waals surface area (Å²) in [5.74, 6) is 0.491. The third-order valence-electron chi connectivity index (χ3n) is 4.01. The van der Waals surface area contributed by atoms with E-state index in [2.05, 4.69) is 5.32 Å². The molecule has 25 heavy (non-hydrogen) atoms. The molecule has 1 aliphatic heterocycles. The molecule has 1 saturated heterocycles. The summed E-state index contributed by atoms with van der Waals surface area (Å²) in [7, 11) is 0. The summed E-state index contributed by atoms with van der Waals surface area (Å²) in [6, 6.07) is 5.75. The lowest BCUT2D eigenvalue weighted by atomic mass is 10.1. The number of nitrogens with zero attached hydrogens (tertiary/aromatic N) is 2. The van der Waals surface area contributed by atoms with Crippen LogP contribution in [0.3, 0.4) is 0 Å². The summed E-state index contributed by atoms with van der Waals surface area (Å²) in [6.07, 6.45) is 3.53. The minimum absolute atomic E-state index is 0.0533. The molecule has 0 bridgehead atoms. The van der Waals surface area contributed by atoms with Gasteiger partial charge in [0.25, 0.3) is 5.69 Å². The highest BCUT2D eigenvalue weighted by Gasteiger charge is 2.34. The number of hydrogen-bond donors (Lipinski definition) is 1. The molecule has 1 heterocycles. The van der Waals surface area contributed by atoms with Crippen molar-refractivity contribution in [2.24, 2.45) is 0 Å². The van der Waals surface area contributed by atoms with E-state index in [4.69, 9.17) is 0 Å². The van der Waals surface area contributed by atoms with Crippen LogP contribution in [0, 0.1) is 10.1 Å². The van der Waals surface area contributed by atoms with Gasteiger partial charge in [0.15, 0.2) is 0 Å². The van der Waals surface area contributed by atoms with Crippen molar-refractivity contribution in [2.45, 2.75) is 32.4 Å². The maximum atomic E-state index is 12.4. The van der Waals surface area contributed by atoms with E-state index in [1.54, 1.807) is 18.2 Å². The van der Waals surface area contributed by atoms with Gasteiger partial charge in [-0.3, -0.25) is 19.7 Å². The molecule has 1 aliphatic rings. The summed E-state index contributed by atoms with van der Waals surface area (Å²) in [4.78, 5) is 36.8. The van der Waals surface area contributed by atoms with E-state index < -0.39 is 11.0 Å². The first-order valence-electron chi connectivity index (χ1n) is 8.04. The van der Waals surface area contributed by atoms with E-state index in [-0.39, 0.29) is 23.5 Å². The van der Waals surface area contributed by atoms with Crippen LogP contribution in [-0.2, 0) is 9.59 Å². The average Bonchev–Trinajstić information content (AvgIpc) is 3.09. The fourth-order valence-corrected chi connectivity index (χ4v) is 3.53. The van der Waals surface area contributed by atoms with E-state index in [0.29, 0.717) is 17.2 Å². The monoisotopic (exact) mass is 363 g/mol. The van der Waals surface area contributed by atoms with Gasteiger partial charge in [-0.05, 0) is 25.5 Å². The first-order chi connectivity index (χ1) is 11.9. The summed E-state index contributed by atoms with van der Waals surface area (Å²) >= 11 is 1.51. The highest BCUT2D eigenvalue weighted by molar-refractivity contribution is 7.99. The van der Waals surface area contributed by atoms with Crippen LogP contribution in [0.1, 0.15) is 25.8 Å². The Kier molecular flexibility index (Phi) is 6.58. The molecule has 0 radical (unpaired) electrons. The molecular weight excluding hydrogens is 342 g/mol. The molecule has 2 rings (SSSR count). The Morgan fingerprint density at radius 1 is 1.48 bits per heavy atom. The molecule has 1 fully saturated rings. The number of para-hydroxylation sites is 1. The van der Waals surface area contributed by atoms with Gasteiger partial charge < -0.3 is 10.2 Å². The van der Waals surface area contributed by atoms with Gasteiger partial charge in [-0.15, -0.1) is 11.8 Å². The number of carbonyl (C=O) groups excluding carboxylic acids is 2. The predicted octanol–water partition coefficient (Wildman–Crippen LogP) is 2.42. The normalized spacial score (nSPS) is 18.3. The van der Waals surface area contributed by atoms with Gasteiger partial charge in [0.2, 0.25) is 11.8 Å². The van der Waals surface area contributed by atoms with Crippen molar-refractivity contribution in [3.05, 3.63) is 46.0 Å². The van der Waals surface area contributed by atoms with Crippen LogP contribution in [0.15, 0.2) is 30.3 Å². The van der Waals surface area contributed by atoms with Gasteiger partial charge >= 0.3 is 0 Å². The molecule has 1 aromatic carbocycles. The topological polar surface area (TPSA) is 92.6 Å². The van der Waals surface area contributed by atoms with Gasteiger partial charge in [0.1, 0.15) is 6.04 Å². The first kappa shape index (κ1) is 19.0. The second-order valence-corrected chi connectivity index (χ2v) is 6.79. The van der Waals surface area contributed by atoms with Crippen LogP contribution >= 0.6 is 11.8 Å². The Balaban J connectivity index is 2.09. The van der Waals surface area contributed by atoms with Crippen LogP contribution in [0.5, 0.6) is 0 Å². The van der Waals surface area contributed by atoms with E-state index in [9.17, 15) is 19.7 Å². The van der Waals surface area contributed by atoms with E-state index in [1.807, 2.05) is 13.8 Å². The van der Waals surface area contributed by atoms with Crippen LogP contribution < -0.4 is 5.32 Å². The van der Waals surface area contributed by atoms with Gasteiger partial charge in [-0.2, -0.15) is 0 Å². The fourth-order valence-electron chi connectivity index (χ4n) is 2.37. The minimum atomic E-state index is -0.512. The average molecular weight is 363 g/mol. The second kappa shape index (κ2) is 8.66. The molecule has 7 nitrogen and oxygen atoms in total. The SMILES string of the molecule is CCC(C)NC(=O)C1CSCN1C(=O)/C=C/c1ccccc1[N+](=O)[O-]. The minimum Gasteiger partial charge on any atom is -0.352 e. The summed E-state index contributed by atoms with van der Waals surface area (Å²) < 4.78 is 0. The maximum absolute atomic E-state index is 12.4. The molecule has 134 valence electrons. The quantitative estimate of drug-likeness (QED) is 0.476. The number of nitro benzene ring substituents is 1. The van der Waals surface area contributed by atoms with Gasteiger partial charge in [-0.25, -0.2) is 0 Å². The molecular formula is C17H21N3O4S. The molecule has 8 heteroatoms. The Morgan fingerprint density at radius 2 is 2.20 bits per heavy atom. The number of rotatable bonds is 6. The standard InChI is InChI=1S/C17H21N3O4S/c1-3-12(2)18-17(22)15-10-25-11-19(15)16(21)9-8-13-6-4-5-7-14(13)20(23)24/h4-9,12,15H,3,10-11H2,1-2H3,(H,18,22)/b9-8+. The van der Waals surface area contributed by atoms with Crippen molar-refractivity contribution in [3.63, 3.8) is 0 Å². The van der Waals surface area contributed by atoms with Crippen molar-refractivity contribution in [3.8, 4) is 0 Å². The lowest BCUT2D eigenvalue weighted by molar-refractivity contribution is -0.385. The molecule has 1 aromatic rings. The molecule has 1 N–H and O–H groups in total. The smallest absolute Gasteiger partial charge is 0.276 e. The Morgan fingerprint density at radius 3 is 2.88 bits per heavy atom. The van der Waals surface area contributed by atoms with Crippen molar-refractivity contribution < 1.29 is 14.5 Å². The fraction of sp³-hybridized carbons (Fsp3) is 0.412. The Bertz CT molecular complexity index is 692. The number of nitrogens with one attached hydrogen (secondary N) is 1. The summed E-state index contributed by atoms with van der Waals surface area (Å²) in [5, 5.41) is 13.9. The van der Waals surface area contributed by atoms with Crippen LogP contribution in [0.25, 0.3) is 6.08 Å². The van der Waals surface area contributed by atoms with Gasteiger partial charge in [0.05, 0.1) is 16.4 Å².